The zero-order valence-electron chi connectivity index (χ0n) is 22.9. The highest BCUT2D eigenvalue weighted by molar-refractivity contribution is 5.93. The quantitative estimate of drug-likeness (QED) is 0.422. The number of hydrogen-bond donors (Lipinski definition) is 2. The van der Waals surface area contributed by atoms with Crippen LogP contribution in [-0.2, 0) is 28.8 Å². The van der Waals surface area contributed by atoms with Gasteiger partial charge < -0.3 is 29.8 Å². The van der Waals surface area contributed by atoms with Crippen molar-refractivity contribution in [1.29, 1.82) is 5.26 Å². The van der Waals surface area contributed by atoms with Crippen LogP contribution in [0.3, 0.4) is 0 Å². The molecule has 3 N–H and O–H groups in total. The van der Waals surface area contributed by atoms with Gasteiger partial charge >= 0.3 is 11.7 Å². The molecule has 2 aromatic heterocycles. The molecule has 212 valence electrons. The van der Waals surface area contributed by atoms with Crippen LogP contribution < -0.4 is 21.4 Å². The van der Waals surface area contributed by atoms with Gasteiger partial charge in [0.1, 0.15) is 17.6 Å². The van der Waals surface area contributed by atoms with Gasteiger partial charge in [0.2, 0.25) is 0 Å². The van der Waals surface area contributed by atoms with Gasteiger partial charge in [-0.25, -0.2) is 24.5 Å². The van der Waals surface area contributed by atoms with E-state index >= 15 is 0 Å². The fourth-order valence-corrected chi connectivity index (χ4v) is 4.88. The smallest absolute Gasteiger partial charge is 0.410 e. The summed E-state index contributed by atoms with van der Waals surface area (Å²) < 4.78 is 16.1. The third kappa shape index (κ3) is 6.27. The van der Waals surface area contributed by atoms with Crippen molar-refractivity contribution in [2.75, 3.05) is 30.7 Å². The maximum Gasteiger partial charge on any atom is 0.410 e. The molecule has 0 spiro atoms. The highest BCUT2D eigenvalue weighted by atomic mass is 16.6. The van der Waals surface area contributed by atoms with Crippen molar-refractivity contribution < 1.29 is 23.5 Å². The molecule has 13 heteroatoms. The molecule has 0 saturated carbocycles. The summed E-state index contributed by atoms with van der Waals surface area (Å²) in [6.07, 6.45) is 3.63. The van der Waals surface area contributed by atoms with E-state index in [-0.39, 0.29) is 48.6 Å². The first-order valence-electron chi connectivity index (χ1n) is 13.1. The summed E-state index contributed by atoms with van der Waals surface area (Å²) in [6, 6.07) is 5.77. The van der Waals surface area contributed by atoms with Crippen LogP contribution in [0, 0.1) is 17.2 Å². The maximum atomic E-state index is 13.2. The lowest BCUT2D eigenvalue weighted by Crippen LogP contribution is -2.41. The molecule has 2 aliphatic rings. The molecule has 1 unspecified atom stereocenters. The number of nitriles is 1. The average Bonchev–Trinajstić information content (AvgIpc) is 3.32. The van der Waals surface area contributed by atoms with E-state index in [1.807, 2.05) is 6.07 Å². The van der Waals surface area contributed by atoms with Gasteiger partial charge in [0.15, 0.2) is 18.1 Å². The van der Waals surface area contributed by atoms with Crippen LogP contribution in [-0.4, -0.2) is 57.1 Å². The van der Waals surface area contributed by atoms with Crippen LogP contribution in [0.1, 0.15) is 43.2 Å². The molecule has 1 aliphatic heterocycles. The summed E-state index contributed by atoms with van der Waals surface area (Å²) >= 11 is 0. The van der Waals surface area contributed by atoms with Crippen molar-refractivity contribution in [3.05, 3.63) is 57.4 Å². The minimum Gasteiger partial charge on any atom is -0.465 e. The standard InChI is InChI=1S/C28H29N7O6/c1-28(2,3)41-27(38)35(12-15-6-16-8-18(30)9-17(10-29)20(16)7-15)5-4-19-13-40-26(37)23(32-19)21-11-31-25-24(33-21)34-22(36)14-39-25/h8-9,11,13,15H,4-7,12,14,30H2,1-3H3,(H,33,34,36). The minimum absolute atomic E-state index is 0.0619. The van der Waals surface area contributed by atoms with Gasteiger partial charge in [0, 0.05) is 25.2 Å². The number of rotatable bonds is 6. The Labute approximate surface area is 235 Å². The lowest BCUT2D eigenvalue weighted by molar-refractivity contribution is -0.118. The number of nitrogens with two attached hydrogens (primary N) is 1. The number of nitrogens with one attached hydrogen (secondary N) is 1. The van der Waals surface area contributed by atoms with Crippen molar-refractivity contribution in [3.8, 4) is 23.3 Å². The third-order valence-electron chi connectivity index (χ3n) is 6.58. The molecule has 0 bridgehead atoms. The Balaban J connectivity index is 1.34. The summed E-state index contributed by atoms with van der Waals surface area (Å²) in [6.45, 7) is 5.82. The Hall–Kier alpha value is -4.99. The number of nitrogens with zero attached hydrogens (tertiary/aromatic N) is 5. The number of fused-ring (bicyclic) bond motifs is 2. The van der Waals surface area contributed by atoms with Gasteiger partial charge in [0.25, 0.3) is 11.8 Å². The van der Waals surface area contributed by atoms with E-state index in [1.165, 1.54) is 12.5 Å². The number of ether oxygens (including phenoxy) is 2. The van der Waals surface area contributed by atoms with Gasteiger partial charge in [-0.3, -0.25) is 4.79 Å². The summed E-state index contributed by atoms with van der Waals surface area (Å²) in [5.74, 6) is -0.106. The molecule has 0 radical (unpaired) electrons. The van der Waals surface area contributed by atoms with Crippen LogP contribution in [0.4, 0.5) is 16.3 Å². The molecular formula is C28H29N7O6. The SMILES string of the molecule is CC(C)(C)OC(=O)N(CCc1coc(=O)c(-c2cnc3c(n2)NC(=O)CO3)n1)CC1Cc2cc(N)cc(C#N)c2C1. The van der Waals surface area contributed by atoms with E-state index < -0.39 is 23.2 Å². The zero-order valence-corrected chi connectivity index (χ0v) is 22.9. The van der Waals surface area contributed by atoms with Gasteiger partial charge in [0.05, 0.1) is 23.5 Å². The van der Waals surface area contributed by atoms with E-state index in [4.69, 9.17) is 19.6 Å². The molecular weight excluding hydrogens is 530 g/mol. The summed E-state index contributed by atoms with van der Waals surface area (Å²) in [7, 11) is 0. The number of anilines is 2. The zero-order chi connectivity index (χ0) is 29.3. The summed E-state index contributed by atoms with van der Waals surface area (Å²) in [4.78, 5) is 51.7. The molecule has 13 nitrogen and oxygen atoms in total. The normalized spacial score (nSPS) is 15.7. The number of aromatic nitrogens is 3. The highest BCUT2D eigenvalue weighted by Crippen LogP contribution is 2.32. The van der Waals surface area contributed by atoms with Crippen LogP contribution in [0.25, 0.3) is 11.4 Å². The fraction of sp³-hybridized carbons (Fsp3) is 0.393. The first kappa shape index (κ1) is 27.6. The van der Waals surface area contributed by atoms with E-state index in [2.05, 4.69) is 26.3 Å². The Morgan fingerprint density at radius 2 is 2.07 bits per heavy atom. The van der Waals surface area contributed by atoms with Crippen LogP contribution in [0.15, 0.2) is 33.8 Å². The van der Waals surface area contributed by atoms with Gasteiger partial charge in [-0.05, 0) is 62.8 Å². The lowest BCUT2D eigenvalue weighted by atomic mass is 10.0. The molecule has 5 rings (SSSR count). The minimum atomic E-state index is -0.730. The largest absolute Gasteiger partial charge is 0.465 e. The second kappa shape index (κ2) is 10.9. The van der Waals surface area contributed by atoms with E-state index in [9.17, 15) is 19.6 Å². The average molecular weight is 560 g/mol. The van der Waals surface area contributed by atoms with Gasteiger partial charge in [-0.1, -0.05) is 0 Å². The van der Waals surface area contributed by atoms with Gasteiger partial charge in [-0.2, -0.15) is 5.26 Å². The Morgan fingerprint density at radius 3 is 2.83 bits per heavy atom. The van der Waals surface area contributed by atoms with Gasteiger partial charge in [-0.15, -0.1) is 0 Å². The Kier molecular flexibility index (Phi) is 7.32. The van der Waals surface area contributed by atoms with E-state index in [1.54, 1.807) is 31.7 Å². The fourth-order valence-electron chi connectivity index (χ4n) is 4.88. The van der Waals surface area contributed by atoms with Crippen molar-refractivity contribution in [3.63, 3.8) is 0 Å². The molecule has 1 aliphatic carbocycles. The van der Waals surface area contributed by atoms with Crippen molar-refractivity contribution in [2.24, 2.45) is 5.92 Å². The van der Waals surface area contributed by atoms with Crippen molar-refractivity contribution in [2.45, 2.75) is 45.6 Å². The summed E-state index contributed by atoms with van der Waals surface area (Å²) in [5.41, 5.74) is 8.03. The molecule has 0 fully saturated rings. The monoisotopic (exact) mass is 559 g/mol. The molecule has 2 amide bonds. The number of carbonyl (C=O) groups is 2. The second-order valence-electron chi connectivity index (χ2n) is 11.0. The third-order valence-corrected chi connectivity index (χ3v) is 6.58. The van der Waals surface area contributed by atoms with Crippen LogP contribution in [0.2, 0.25) is 0 Å². The number of nitrogen functional groups attached to an aromatic ring is 1. The highest BCUT2D eigenvalue weighted by Gasteiger charge is 2.30. The Bertz CT molecular complexity index is 1620. The molecule has 3 heterocycles. The maximum absolute atomic E-state index is 13.2. The first-order chi connectivity index (χ1) is 19.5. The Morgan fingerprint density at radius 1 is 1.27 bits per heavy atom. The number of carbonyl (C=O) groups excluding carboxylic acids is 2. The van der Waals surface area contributed by atoms with Crippen LogP contribution >= 0.6 is 0 Å². The summed E-state index contributed by atoms with van der Waals surface area (Å²) in [5, 5.41) is 12.1. The molecule has 3 aromatic rings. The molecule has 1 atom stereocenters. The predicted molar refractivity (Wildman–Crippen MR) is 146 cm³/mol. The topological polar surface area (TPSA) is 187 Å². The lowest BCUT2D eigenvalue weighted by Gasteiger charge is -2.29. The van der Waals surface area contributed by atoms with E-state index in [0.717, 1.165) is 11.1 Å². The van der Waals surface area contributed by atoms with Crippen molar-refractivity contribution >= 4 is 23.5 Å². The van der Waals surface area contributed by atoms with Crippen molar-refractivity contribution in [1.82, 2.24) is 19.9 Å². The molecule has 41 heavy (non-hydrogen) atoms. The number of hydrogen-bond acceptors (Lipinski definition) is 11. The molecule has 0 saturated heterocycles. The number of amides is 2. The molecule has 1 aromatic carbocycles. The number of benzene rings is 1. The predicted octanol–water partition coefficient (Wildman–Crippen LogP) is 2.47. The second-order valence-corrected chi connectivity index (χ2v) is 11.0. The first-order valence-corrected chi connectivity index (χ1v) is 13.1. The van der Waals surface area contributed by atoms with Crippen LogP contribution in [0.5, 0.6) is 5.88 Å². The van der Waals surface area contributed by atoms with E-state index in [0.29, 0.717) is 36.3 Å².